The molecule has 0 spiro atoms. The highest BCUT2D eigenvalue weighted by Crippen LogP contribution is 2.42. The lowest BCUT2D eigenvalue weighted by Gasteiger charge is -2.16. The number of aromatic amines is 6. The van der Waals surface area contributed by atoms with Gasteiger partial charge in [0, 0.05) is 105 Å². The first-order chi connectivity index (χ1) is 29.7. The number of nitrogens with one attached hydrogen (secondary N) is 6. The Morgan fingerprint density at radius 1 is 0.200 bits per heavy atom. The molecule has 0 atom stereocenters. The molecule has 0 bridgehead atoms. The maximum Gasteiger partial charge on any atom is 0.120 e. The Hall–Kier alpha value is -8.64. The SMILES string of the molecule is c1c[nH]c(-c2ccc(-c3ccc[nH]3)c3nc4c(nc23)c2nc3c(-c5ccc[nH]5)ccc(-c5ccc[nH]5)c3nc2c2nc3c(-c5ccc[nH]5)ccc(-c5ccc[nH]5)c3nc42)c1. The van der Waals surface area contributed by atoms with E-state index in [1.54, 1.807) is 0 Å². The molecule has 0 aliphatic rings. The van der Waals surface area contributed by atoms with Gasteiger partial charge in [-0.2, -0.15) is 0 Å². The molecule has 0 aliphatic carbocycles. The average molecular weight is 775 g/mol. The molecule has 0 saturated heterocycles. The van der Waals surface area contributed by atoms with Crippen molar-refractivity contribution in [3.63, 3.8) is 0 Å². The molecule has 60 heavy (non-hydrogen) atoms. The van der Waals surface area contributed by atoms with E-state index in [1.165, 1.54) is 0 Å². The van der Waals surface area contributed by atoms with E-state index in [0.29, 0.717) is 33.1 Å². The Morgan fingerprint density at radius 3 is 0.500 bits per heavy atom. The molecule has 9 heterocycles. The van der Waals surface area contributed by atoms with Gasteiger partial charge in [-0.05, 0) is 109 Å². The quantitative estimate of drug-likeness (QED) is 0.0725. The van der Waals surface area contributed by atoms with Crippen LogP contribution in [-0.2, 0) is 0 Å². The van der Waals surface area contributed by atoms with Crippen LogP contribution in [0, 0.1) is 0 Å². The lowest BCUT2D eigenvalue weighted by atomic mass is 10.0. The van der Waals surface area contributed by atoms with Crippen molar-refractivity contribution in [3.05, 3.63) is 146 Å². The summed E-state index contributed by atoms with van der Waals surface area (Å²) in [6, 6.07) is 36.8. The predicted octanol–water partition coefficient (Wildman–Crippen LogP) is 10.9. The summed E-state index contributed by atoms with van der Waals surface area (Å²) in [4.78, 5) is 53.8. The smallest absolute Gasteiger partial charge is 0.120 e. The van der Waals surface area contributed by atoms with Gasteiger partial charge in [0.05, 0.1) is 33.1 Å². The van der Waals surface area contributed by atoms with Crippen molar-refractivity contribution in [2.45, 2.75) is 0 Å². The number of hydrogen-bond donors (Lipinski definition) is 6. The molecule has 12 heteroatoms. The number of rotatable bonds is 6. The van der Waals surface area contributed by atoms with E-state index in [2.05, 4.69) is 66.3 Å². The molecule has 4 aromatic carbocycles. The van der Waals surface area contributed by atoms with Crippen molar-refractivity contribution >= 4 is 66.2 Å². The third-order valence-corrected chi connectivity index (χ3v) is 11.5. The number of aromatic nitrogens is 12. The first-order valence-electron chi connectivity index (χ1n) is 19.6. The number of benzene rings is 4. The van der Waals surface area contributed by atoms with Crippen molar-refractivity contribution in [1.82, 2.24) is 59.8 Å². The average Bonchev–Trinajstić information content (AvgIpc) is 4.13. The molecular weight excluding hydrogens is 745 g/mol. The van der Waals surface area contributed by atoms with E-state index < -0.39 is 0 Å². The van der Waals surface area contributed by atoms with E-state index in [1.807, 2.05) is 110 Å². The van der Waals surface area contributed by atoms with Crippen LogP contribution in [0.15, 0.2) is 146 Å². The van der Waals surface area contributed by atoms with Gasteiger partial charge in [0.25, 0.3) is 0 Å². The van der Waals surface area contributed by atoms with Crippen molar-refractivity contribution in [3.8, 4) is 67.5 Å². The van der Waals surface area contributed by atoms with Gasteiger partial charge in [0.1, 0.15) is 33.1 Å². The molecule has 0 aliphatic heterocycles. The van der Waals surface area contributed by atoms with E-state index in [4.69, 9.17) is 29.9 Å². The first kappa shape index (κ1) is 32.4. The minimum Gasteiger partial charge on any atom is -0.361 e. The van der Waals surface area contributed by atoms with E-state index >= 15 is 0 Å². The van der Waals surface area contributed by atoms with Crippen LogP contribution in [0.5, 0.6) is 0 Å². The van der Waals surface area contributed by atoms with Crippen LogP contribution in [0.2, 0.25) is 0 Å². The summed E-state index contributed by atoms with van der Waals surface area (Å²) in [5, 5.41) is 0. The Bertz CT molecular complexity index is 3060. The number of fused-ring (bicyclic) bond motifs is 9. The van der Waals surface area contributed by atoms with Crippen molar-refractivity contribution < 1.29 is 0 Å². The van der Waals surface area contributed by atoms with Gasteiger partial charge in [-0.15, -0.1) is 0 Å². The molecule has 12 nitrogen and oxygen atoms in total. The minimum atomic E-state index is 0.578. The summed E-state index contributed by atoms with van der Waals surface area (Å²) in [5.41, 5.74) is 18.8. The molecule has 0 radical (unpaired) electrons. The largest absolute Gasteiger partial charge is 0.361 e. The molecule has 6 N–H and O–H groups in total. The maximum atomic E-state index is 5.57. The van der Waals surface area contributed by atoms with Gasteiger partial charge < -0.3 is 29.9 Å². The highest BCUT2D eigenvalue weighted by Gasteiger charge is 2.25. The molecule has 13 rings (SSSR count). The zero-order valence-corrected chi connectivity index (χ0v) is 31.5. The normalized spacial score (nSPS) is 12.0. The number of nitrogens with zero attached hydrogens (tertiary/aromatic N) is 6. The molecule has 0 fully saturated rings. The Morgan fingerprint density at radius 2 is 0.367 bits per heavy atom. The third-order valence-electron chi connectivity index (χ3n) is 11.5. The molecule has 0 amide bonds. The van der Waals surface area contributed by atoms with Crippen LogP contribution in [0.25, 0.3) is 134 Å². The Labute approximate surface area is 338 Å². The van der Waals surface area contributed by atoms with E-state index in [-0.39, 0.29) is 0 Å². The number of H-pyrrole nitrogens is 6. The molecule has 9 aromatic heterocycles. The monoisotopic (exact) mass is 774 g/mol. The summed E-state index contributed by atoms with van der Waals surface area (Å²) in [6.07, 6.45) is 11.5. The van der Waals surface area contributed by atoms with Crippen LogP contribution < -0.4 is 0 Å². The topological polar surface area (TPSA) is 172 Å². The first-order valence-corrected chi connectivity index (χ1v) is 19.6. The van der Waals surface area contributed by atoms with Gasteiger partial charge in [0.2, 0.25) is 0 Å². The van der Waals surface area contributed by atoms with E-state index in [9.17, 15) is 0 Å². The molecule has 0 unspecified atom stereocenters. The summed E-state index contributed by atoms with van der Waals surface area (Å²) in [6.45, 7) is 0. The second kappa shape index (κ2) is 12.4. The standard InChI is InChI=1S/C48H30N12/c1-7-31(49-19-1)25-13-14-26(32-8-2-20-50-32)38-37(25)55-43-44(56-38)46-48(60-42-30(36-12-6-24-54-36)18-17-29(41(42)58-46)35-11-5-23-53-35)47-45(43)57-39-27(33-9-3-21-51-33)15-16-28(40(39)59-47)34-10-4-22-52-34/h1-24,49-54H. The highest BCUT2D eigenvalue weighted by molar-refractivity contribution is 6.23. The second-order valence-electron chi connectivity index (χ2n) is 14.8. The third kappa shape index (κ3) is 4.72. The van der Waals surface area contributed by atoms with E-state index in [0.717, 1.165) is 101 Å². The van der Waals surface area contributed by atoms with Crippen LogP contribution in [0.1, 0.15) is 0 Å². The van der Waals surface area contributed by atoms with Crippen molar-refractivity contribution in [1.29, 1.82) is 0 Å². The van der Waals surface area contributed by atoms with Crippen molar-refractivity contribution in [2.24, 2.45) is 0 Å². The van der Waals surface area contributed by atoms with Crippen LogP contribution >= 0.6 is 0 Å². The second-order valence-corrected chi connectivity index (χ2v) is 14.8. The summed E-state index contributed by atoms with van der Waals surface area (Å²) < 4.78 is 0. The van der Waals surface area contributed by atoms with Gasteiger partial charge in [0.15, 0.2) is 0 Å². The fourth-order valence-corrected chi connectivity index (χ4v) is 8.69. The number of hydrogen-bond acceptors (Lipinski definition) is 6. The Kier molecular flexibility index (Phi) is 6.72. The minimum absolute atomic E-state index is 0.578. The molecular formula is C48H30N12. The van der Waals surface area contributed by atoms with Crippen LogP contribution in [0.4, 0.5) is 0 Å². The maximum absolute atomic E-state index is 5.57. The van der Waals surface area contributed by atoms with Crippen LogP contribution in [-0.4, -0.2) is 59.8 Å². The molecule has 0 saturated carbocycles. The lowest BCUT2D eigenvalue weighted by Crippen LogP contribution is -2.02. The fraction of sp³-hybridized carbons (Fsp3) is 0. The summed E-state index contributed by atoms with van der Waals surface area (Å²) in [5.74, 6) is 0. The van der Waals surface area contributed by atoms with Gasteiger partial charge in [-0.3, -0.25) is 0 Å². The summed E-state index contributed by atoms with van der Waals surface area (Å²) in [7, 11) is 0. The molecule has 13 aromatic rings. The molecule has 282 valence electrons. The predicted molar refractivity (Wildman–Crippen MR) is 237 cm³/mol. The summed E-state index contributed by atoms with van der Waals surface area (Å²) >= 11 is 0. The van der Waals surface area contributed by atoms with Gasteiger partial charge >= 0.3 is 0 Å². The fourth-order valence-electron chi connectivity index (χ4n) is 8.69. The van der Waals surface area contributed by atoms with Crippen LogP contribution in [0.3, 0.4) is 0 Å². The zero-order chi connectivity index (χ0) is 39.3. The highest BCUT2D eigenvalue weighted by atomic mass is 14.9. The van der Waals surface area contributed by atoms with Gasteiger partial charge in [-0.25, -0.2) is 29.9 Å². The zero-order valence-electron chi connectivity index (χ0n) is 31.5. The van der Waals surface area contributed by atoms with Gasteiger partial charge in [-0.1, -0.05) is 0 Å². The lowest BCUT2D eigenvalue weighted by molar-refractivity contribution is 1.31. The van der Waals surface area contributed by atoms with Crippen molar-refractivity contribution in [2.75, 3.05) is 0 Å². The Balaban J connectivity index is 1.27.